The van der Waals surface area contributed by atoms with Crippen LogP contribution in [0.15, 0.2) is 60.5 Å². The number of amides is 1. The third kappa shape index (κ3) is 5.32. The molecule has 5 aromatic rings. The number of thiazole rings is 1. The highest BCUT2D eigenvalue weighted by molar-refractivity contribution is 7.18. The molecule has 0 atom stereocenters. The zero-order valence-corrected chi connectivity index (χ0v) is 26.0. The van der Waals surface area contributed by atoms with E-state index in [0.717, 1.165) is 79.7 Å². The number of thiophene rings is 1. The molecule has 1 amide bonds. The molecule has 0 spiro atoms. The van der Waals surface area contributed by atoms with Gasteiger partial charge >= 0.3 is 0 Å². The molecule has 10 heteroatoms. The van der Waals surface area contributed by atoms with Crippen LogP contribution < -0.4 is 10.1 Å². The predicted octanol–water partition coefficient (Wildman–Crippen LogP) is 6.63. The Bertz CT molecular complexity index is 1900. The highest BCUT2D eigenvalue weighted by Crippen LogP contribution is 2.47. The summed E-state index contributed by atoms with van der Waals surface area (Å²) >= 11 is 3.24. The first-order chi connectivity index (χ1) is 21.5. The van der Waals surface area contributed by atoms with Crippen LogP contribution in [0.3, 0.4) is 0 Å². The molecule has 0 saturated heterocycles. The minimum absolute atomic E-state index is 0.0990. The maximum absolute atomic E-state index is 14.6. The summed E-state index contributed by atoms with van der Waals surface area (Å²) in [4.78, 5) is 25.8. The van der Waals surface area contributed by atoms with Gasteiger partial charge in [-0.05, 0) is 59.8 Å². The van der Waals surface area contributed by atoms with Crippen molar-refractivity contribution in [1.82, 2.24) is 20.2 Å². The summed E-state index contributed by atoms with van der Waals surface area (Å²) < 4.78 is 26.9. The van der Waals surface area contributed by atoms with Gasteiger partial charge in [0, 0.05) is 64.3 Å². The first-order valence-corrected chi connectivity index (χ1v) is 16.3. The number of aromatic nitrogens is 2. The number of nitrogens with zero attached hydrogens (tertiary/aromatic N) is 3. The van der Waals surface area contributed by atoms with E-state index in [1.54, 1.807) is 40.7 Å². The van der Waals surface area contributed by atoms with Crippen LogP contribution in [-0.2, 0) is 35.5 Å². The third-order valence-electron chi connectivity index (χ3n) is 8.15. The smallest absolute Gasteiger partial charge is 0.246 e. The molecule has 3 aromatic heterocycles. The predicted molar refractivity (Wildman–Crippen MR) is 174 cm³/mol. The zero-order chi connectivity index (χ0) is 30.2. The summed E-state index contributed by atoms with van der Waals surface area (Å²) in [7, 11) is 1.61. The number of carbonyl (C=O) groups is 1. The summed E-state index contributed by atoms with van der Waals surface area (Å²) in [5, 5.41) is 7.32. The Morgan fingerprint density at radius 3 is 2.89 bits per heavy atom. The molecule has 0 radical (unpaired) electrons. The van der Waals surface area contributed by atoms with Gasteiger partial charge in [0.2, 0.25) is 5.91 Å². The number of nitrogens with one attached hydrogen (secondary N) is 1. The molecule has 224 valence electrons. The molecule has 2 aliphatic rings. The second kappa shape index (κ2) is 12.2. The SMILES string of the molecule is C=CC(=O)N1CCc2sc(-c3nc(-c4ccc5c(c4)CCNC5)c4ccsc4c3-c3ccc(F)cc3OCCOC)nc2C1. The van der Waals surface area contributed by atoms with E-state index >= 15 is 0 Å². The van der Waals surface area contributed by atoms with Gasteiger partial charge in [0.05, 0.1) is 24.5 Å². The fourth-order valence-electron chi connectivity index (χ4n) is 5.95. The average Bonchev–Trinajstić information content (AvgIpc) is 3.71. The third-order valence-corrected chi connectivity index (χ3v) is 10.2. The maximum atomic E-state index is 14.6. The molecule has 0 aliphatic carbocycles. The van der Waals surface area contributed by atoms with Crippen molar-refractivity contribution in [3.63, 3.8) is 0 Å². The van der Waals surface area contributed by atoms with Gasteiger partial charge in [0.1, 0.15) is 28.9 Å². The van der Waals surface area contributed by atoms with E-state index in [1.165, 1.54) is 29.3 Å². The number of ether oxygens (including phenoxy) is 2. The van der Waals surface area contributed by atoms with E-state index in [-0.39, 0.29) is 18.3 Å². The van der Waals surface area contributed by atoms with Crippen LogP contribution in [0, 0.1) is 5.82 Å². The number of rotatable bonds is 8. The topological polar surface area (TPSA) is 76.6 Å². The largest absolute Gasteiger partial charge is 0.490 e. The standard InChI is InChI=1S/C34H31FN4O3S2/c1-3-29(40)39-12-9-28-26(19-39)37-34(44-28)32-30(24-7-6-23(35)17-27(24)42-14-13-41-2)33-25(10-15-43-33)31(38-32)21-4-5-22-18-36-11-8-20(22)16-21/h3-7,10,15-17,36H,1,8-9,11-14,18-19H2,2H3. The summed E-state index contributed by atoms with van der Waals surface area (Å²) in [5.41, 5.74) is 7.80. The van der Waals surface area contributed by atoms with Gasteiger partial charge in [-0.15, -0.1) is 22.7 Å². The average molecular weight is 627 g/mol. The molecule has 7 nitrogen and oxygen atoms in total. The van der Waals surface area contributed by atoms with Gasteiger partial charge in [-0.1, -0.05) is 18.7 Å². The Hall–Kier alpha value is -3.96. The van der Waals surface area contributed by atoms with Gasteiger partial charge in [-0.2, -0.15) is 0 Å². The van der Waals surface area contributed by atoms with Crippen LogP contribution >= 0.6 is 22.7 Å². The number of hydrogen-bond donors (Lipinski definition) is 1. The first kappa shape index (κ1) is 28.8. The second-order valence-electron chi connectivity index (χ2n) is 10.8. The molecule has 1 N–H and O–H groups in total. The van der Waals surface area contributed by atoms with Crippen molar-refractivity contribution in [1.29, 1.82) is 0 Å². The quantitative estimate of drug-likeness (QED) is 0.154. The lowest BCUT2D eigenvalue weighted by molar-refractivity contribution is -0.126. The number of methoxy groups -OCH3 is 1. The van der Waals surface area contributed by atoms with Crippen molar-refractivity contribution in [3.8, 4) is 38.8 Å². The normalized spacial score (nSPS) is 14.4. The monoisotopic (exact) mass is 626 g/mol. The molecule has 5 heterocycles. The molecule has 0 fully saturated rings. The Morgan fingerprint density at radius 2 is 2.02 bits per heavy atom. The lowest BCUT2D eigenvalue weighted by Gasteiger charge is -2.24. The fourth-order valence-corrected chi connectivity index (χ4v) is 7.96. The Kier molecular flexibility index (Phi) is 7.98. The van der Waals surface area contributed by atoms with Crippen LogP contribution in [-0.4, -0.2) is 54.2 Å². The number of hydrogen-bond acceptors (Lipinski definition) is 8. The van der Waals surface area contributed by atoms with Crippen molar-refractivity contribution < 1.29 is 18.7 Å². The van der Waals surface area contributed by atoms with Crippen LogP contribution in [0.2, 0.25) is 0 Å². The van der Waals surface area contributed by atoms with Crippen molar-refractivity contribution in [2.75, 3.05) is 33.4 Å². The first-order valence-electron chi connectivity index (χ1n) is 14.6. The highest BCUT2D eigenvalue weighted by atomic mass is 32.1. The molecular weight excluding hydrogens is 596 g/mol. The minimum atomic E-state index is -0.380. The number of benzene rings is 2. The molecule has 0 saturated carbocycles. The molecule has 2 aliphatic heterocycles. The summed E-state index contributed by atoms with van der Waals surface area (Å²) in [5.74, 6) is -0.0501. The lowest BCUT2D eigenvalue weighted by Crippen LogP contribution is -2.34. The number of fused-ring (bicyclic) bond motifs is 3. The number of carbonyl (C=O) groups excluding carboxylic acids is 1. The fraction of sp³-hybridized carbons (Fsp3) is 0.265. The molecule has 0 bridgehead atoms. The van der Waals surface area contributed by atoms with Crippen molar-refractivity contribution >= 4 is 38.7 Å². The second-order valence-corrected chi connectivity index (χ2v) is 12.8. The van der Waals surface area contributed by atoms with E-state index in [4.69, 9.17) is 19.4 Å². The lowest BCUT2D eigenvalue weighted by atomic mass is 9.94. The molecule has 7 rings (SSSR count). The molecule has 0 unspecified atom stereocenters. The Morgan fingerprint density at radius 1 is 1.11 bits per heavy atom. The van der Waals surface area contributed by atoms with Gasteiger partial charge in [0.25, 0.3) is 0 Å². The summed E-state index contributed by atoms with van der Waals surface area (Å²) in [6.07, 6.45) is 3.04. The number of pyridine rings is 1. The Labute approximate surface area is 263 Å². The summed E-state index contributed by atoms with van der Waals surface area (Å²) in [6, 6.07) is 13.4. The Balaban J connectivity index is 1.44. The van der Waals surface area contributed by atoms with E-state index in [9.17, 15) is 9.18 Å². The van der Waals surface area contributed by atoms with E-state index in [1.807, 2.05) is 0 Å². The van der Waals surface area contributed by atoms with Crippen LogP contribution in [0.1, 0.15) is 21.7 Å². The van der Waals surface area contributed by atoms with Gasteiger partial charge < -0.3 is 19.7 Å². The zero-order valence-electron chi connectivity index (χ0n) is 24.3. The van der Waals surface area contributed by atoms with Crippen molar-refractivity contribution in [3.05, 3.63) is 88.0 Å². The maximum Gasteiger partial charge on any atom is 0.246 e. The van der Waals surface area contributed by atoms with E-state index < -0.39 is 0 Å². The summed E-state index contributed by atoms with van der Waals surface area (Å²) in [6.45, 7) is 7.18. The van der Waals surface area contributed by atoms with Crippen LogP contribution in [0.5, 0.6) is 5.75 Å². The minimum Gasteiger partial charge on any atom is -0.490 e. The van der Waals surface area contributed by atoms with Crippen LogP contribution in [0.25, 0.3) is 43.2 Å². The highest BCUT2D eigenvalue weighted by Gasteiger charge is 2.28. The number of halogens is 1. The van der Waals surface area contributed by atoms with Gasteiger partial charge in [0.15, 0.2) is 0 Å². The van der Waals surface area contributed by atoms with Crippen molar-refractivity contribution in [2.45, 2.75) is 25.9 Å². The molecule has 2 aromatic carbocycles. The van der Waals surface area contributed by atoms with E-state index in [0.29, 0.717) is 25.4 Å². The van der Waals surface area contributed by atoms with E-state index in [2.05, 4.69) is 41.5 Å². The molecular formula is C34H31FN4O3S2. The van der Waals surface area contributed by atoms with Gasteiger partial charge in [-0.25, -0.2) is 14.4 Å². The van der Waals surface area contributed by atoms with Gasteiger partial charge in [-0.3, -0.25) is 4.79 Å². The molecule has 44 heavy (non-hydrogen) atoms. The van der Waals surface area contributed by atoms with Crippen molar-refractivity contribution in [2.24, 2.45) is 0 Å². The van der Waals surface area contributed by atoms with Crippen LogP contribution in [0.4, 0.5) is 4.39 Å².